The van der Waals surface area contributed by atoms with Crippen molar-refractivity contribution in [1.29, 1.82) is 0 Å². The quantitative estimate of drug-likeness (QED) is 0.317. The molecule has 6 nitrogen and oxygen atoms in total. The first-order valence-electron chi connectivity index (χ1n) is 10.9. The lowest BCUT2D eigenvalue weighted by molar-refractivity contribution is -0.122. The van der Waals surface area contributed by atoms with E-state index in [0.717, 1.165) is 69.8 Å². The van der Waals surface area contributed by atoms with Crippen LogP contribution in [0.25, 0.3) is 0 Å². The van der Waals surface area contributed by atoms with Crippen LogP contribution < -0.4 is 16.0 Å². The average Bonchev–Trinajstić information content (AvgIpc) is 2.71. The predicted molar refractivity (Wildman–Crippen MR) is 117 cm³/mol. The Labute approximate surface area is 174 Å². The van der Waals surface area contributed by atoms with Gasteiger partial charge in [0.05, 0.1) is 6.54 Å². The summed E-state index contributed by atoms with van der Waals surface area (Å²) < 4.78 is 13.2. The fourth-order valence-electron chi connectivity index (χ4n) is 3.44. The first-order chi connectivity index (χ1) is 14.1. The van der Waals surface area contributed by atoms with Crippen molar-refractivity contribution in [2.45, 2.75) is 52.0 Å². The fraction of sp³-hybridized carbons (Fsp3) is 0.636. The molecule has 0 spiro atoms. The van der Waals surface area contributed by atoms with E-state index in [2.05, 4.69) is 39.7 Å². The van der Waals surface area contributed by atoms with Crippen molar-refractivity contribution in [1.82, 2.24) is 20.9 Å². The van der Waals surface area contributed by atoms with Gasteiger partial charge >= 0.3 is 0 Å². The van der Waals surface area contributed by atoms with Gasteiger partial charge in [-0.25, -0.2) is 4.39 Å². The summed E-state index contributed by atoms with van der Waals surface area (Å²) in [4.78, 5) is 18.7. The molecule has 1 fully saturated rings. The number of likely N-dealkylation sites (tertiary alicyclic amines) is 1. The van der Waals surface area contributed by atoms with Crippen LogP contribution in [-0.2, 0) is 11.2 Å². The minimum Gasteiger partial charge on any atom is -0.357 e. The normalized spacial score (nSPS) is 15.9. The Morgan fingerprint density at radius 2 is 2.03 bits per heavy atom. The van der Waals surface area contributed by atoms with Crippen molar-refractivity contribution in [3.63, 3.8) is 0 Å². The summed E-state index contributed by atoms with van der Waals surface area (Å²) in [6.45, 7) is 8.68. The molecule has 0 saturated carbocycles. The summed E-state index contributed by atoms with van der Waals surface area (Å²) in [6.07, 6.45) is 4.65. The van der Waals surface area contributed by atoms with Gasteiger partial charge in [-0.05, 0) is 56.7 Å². The van der Waals surface area contributed by atoms with Crippen LogP contribution in [0.5, 0.6) is 0 Å². The van der Waals surface area contributed by atoms with Gasteiger partial charge in [-0.3, -0.25) is 14.7 Å². The van der Waals surface area contributed by atoms with E-state index < -0.39 is 0 Å². The van der Waals surface area contributed by atoms with Crippen molar-refractivity contribution in [2.24, 2.45) is 4.99 Å². The Kier molecular flexibility index (Phi) is 10.5. The first-order valence-corrected chi connectivity index (χ1v) is 10.9. The van der Waals surface area contributed by atoms with Crippen LogP contribution >= 0.6 is 0 Å². The second kappa shape index (κ2) is 13.1. The van der Waals surface area contributed by atoms with E-state index in [-0.39, 0.29) is 11.7 Å². The lowest BCUT2D eigenvalue weighted by Crippen LogP contribution is -2.50. The van der Waals surface area contributed by atoms with Gasteiger partial charge in [0, 0.05) is 38.8 Å². The molecular formula is C22H36FN5O. The molecule has 1 aromatic rings. The van der Waals surface area contributed by atoms with Gasteiger partial charge in [-0.2, -0.15) is 0 Å². The van der Waals surface area contributed by atoms with Gasteiger partial charge < -0.3 is 16.0 Å². The SMILES string of the molecule is CCCNC(=O)CN1CCC(NC(=NCCCc2cccc(F)c2)NCC)CC1. The smallest absolute Gasteiger partial charge is 0.234 e. The predicted octanol–water partition coefficient (Wildman–Crippen LogP) is 2.30. The van der Waals surface area contributed by atoms with Crippen LogP contribution in [-0.4, -0.2) is 62.1 Å². The highest BCUT2D eigenvalue weighted by Crippen LogP contribution is 2.10. The summed E-state index contributed by atoms with van der Waals surface area (Å²) in [5, 5.41) is 9.77. The van der Waals surface area contributed by atoms with Crippen molar-refractivity contribution >= 4 is 11.9 Å². The number of guanidine groups is 1. The van der Waals surface area contributed by atoms with Gasteiger partial charge in [-0.15, -0.1) is 0 Å². The third kappa shape index (κ3) is 9.26. The number of rotatable bonds is 10. The molecule has 7 heteroatoms. The number of aliphatic imine (C=N–C) groups is 1. The van der Waals surface area contributed by atoms with Crippen molar-refractivity contribution < 1.29 is 9.18 Å². The molecule has 1 aliphatic rings. The second-order valence-electron chi connectivity index (χ2n) is 7.54. The number of carbonyl (C=O) groups excluding carboxylic acids is 1. The Hall–Kier alpha value is -2.15. The minimum absolute atomic E-state index is 0.117. The van der Waals surface area contributed by atoms with Gasteiger partial charge in [0.1, 0.15) is 5.82 Å². The summed E-state index contributed by atoms with van der Waals surface area (Å²) in [5.41, 5.74) is 1.01. The zero-order chi connectivity index (χ0) is 20.9. The first kappa shape index (κ1) is 23.1. The van der Waals surface area contributed by atoms with Crippen LogP contribution in [0.1, 0.15) is 45.1 Å². The number of benzene rings is 1. The number of amides is 1. The molecule has 29 heavy (non-hydrogen) atoms. The number of carbonyl (C=O) groups is 1. The van der Waals surface area contributed by atoms with E-state index in [1.54, 1.807) is 12.1 Å². The molecule has 0 atom stereocenters. The van der Waals surface area contributed by atoms with E-state index in [4.69, 9.17) is 0 Å². The minimum atomic E-state index is -0.185. The number of hydrogen-bond acceptors (Lipinski definition) is 3. The van der Waals surface area contributed by atoms with Crippen LogP contribution in [0.2, 0.25) is 0 Å². The van der Waals surface area contributed by atoms with Crippen LogP contribution in [0.4, 0.5) is 4.39 Å². The molecule has 162 valence electrons. The number of piperidine rings is 1. The van der Waals surface area contributed by atoms with Crippen molar-refractivity contribution in [3.05, 3.63) is 35.6 Å². The molecule has 0 radical (unpaired) electrons. The molecule has 0 aromatic heterocycles. The number of nitrogens with one attached hydrogen (secondary N) is 3. The van der Waals surface area contributed by atoms with E-state index >= 15 is 0 Å². The van der Waals surface area contributed by atoms with Gasteiger partial charge in [0.2, 0.25) is 5.91 Å². The third-order valence-corrected chi connectivity index (χ3v) is 4.99. The summed E-state index contributed by atoms with van der Waals surface area (Å²) >= 11 is 0. The van der Waals surface area contributed by atoms with Gasteiger partial charge in [0.15, 0.2) is 5.96 Å². The summed E-state index contributed by atoms with van der Waals surface area (Å²) in [7, 11) is 0. The molecule has 0 bridgehead atoms. The van der Waals surface area contributed by atoms with E-state index in [9.17, 15) is 9.18 Å². The van der Waals surface area contributed by atoms with E-state index in [1.165, 1.54) is 6.07 Å². The molecule has 1 aromatic carbocycles. The van der Waals surface area contributed by atoms with Crippen molar-refractivity contribution in [2.75, 3.05) is 39.3 Å². The zero-order valence-corrected chi connectivity index (χ0v) is 17.8. The maximum atomic E-state index is 13.2. The Morgan fingerprint density at radius 3 is 2.72 bits per heavy atom. The van der Waals surface area contributed by atoms with E-state index in [1.807, 2.05) is 6.07 Å². The lowest BCUT2D eigenvalue weighted by Gasteiger charge is -2.32. The largest absolute Gasteiger partial charge is 0.357 e. The Morgan fingerprint density at radius 1 is 1.24 bits per heavy atom. The highest BCUT2D eigenvalue weighted by molar-refractivity contribution is 5.80. The number of hydrogen-bond donors (Lipinski definition) is 3. The number of aryl methyl sites for hydroxylation is 1. The molecule has 2 rings (SSSR count). The van der Waals surface area contributed by atoms with Gasteiger partial charge in [-0.1, -0.05) is 19.1 Å². The molecular weight excluding hydrogens is 369 g/mol. The zero-order valence-electron chi connectivity index (χ0n) is 17.8. The molecule has 0 aliphatic carbocycles. The fourth-order valence-corrected chi connectivity index (χ4v) is 3.44. The number of halogens is 1. The van der Waals surface area contributed by atoms with E-state index in [0.29, 0.717) is 19.1 Å². The molecule has 0 unspecified atom stereocenters. The Balaban J connectivity index is 1.71. The van der Waals surface area contributed by atoms with Gasteiger partial charge in [0.25, 0.3) is 0 Å². The standard InChI is InChI=1S/C22H36FN5O/c1-3-12-25-21(29)17-28-14-10-20(11-15-28)27-22(24-4-2)26-13-6-8-18-7-5-9-19(23)16-18/h5,7,9,16,20H,3-4,6,8,10-15,17H2,1-2H3,(H,25,29)(H2,24,26,27). The van der Waals surface area contributed by atoms with Crippen LogP contribution in [0.15, 0.2) is 29.3 Å². The van der Waals surface area contributed by atoms with Crippen LogP contribution in [0, 0.1) is 5.82 Å². The monoisotopic (exact) mass is 405 g/mol. The summed E-state index contributed by atoms with van der Waals surface area (Å²) in [5.74, 6) is 0.771. The molecule has 1 aliphatic heterocycles. The maximum absolute atomic E-state index is 13.2. The lowest BCUT2D eigenvalue weighted by atomic mass is 10.1. The topological polar surface area (TPSA) is 68.8 Å². The third-order valence-electron chi connectivity index (χ3n) is 4.99. The highest BCUT2D eigenvalue weighted by atomic mass is 19.1. The van der Waals surface area contributed by atoms with Crippen molar-refractivity contribution in [3.8, 4) is 0 Å². The molecule has 1 heterocycles. The molecule has 1 saturated heterocycles. The highest BCUT2D eigenvalue weighted by Gasteiger charge is 2.21. The maximum Gasteiger partial charge on any atom is 0.234 e. The second-order valence-corrected chi connectivity index (χ2v) is 7.54. The average molecular weight is 406 g/mol. The summed E-state index contributed by atoms with van der Waals surface area (Å²) in [6, 6.07) is 7.12. The molecule has 3 N–H and O–H groups in total. The van der Waals surface area contributed by atoms with Crippen LogP contribution in [0.3, 0.4) is 0 Å². The number of nitrogens with zero attached hydrogens (tertiary/aromatic N) is 2. The molecule has 1 amide bonds. The Bertz CT molecular complexity index is 644.